The van der Waals surface area contributed by atoms with Crippen LogP contribution in [0.1, 0.15) is 73.4 Å². The molecular formula is C37H43FN6O4. The molecule has 252 valence electrons. The molecule has 2 fully saturated rings. The summed E-state index contributed by atoms with van der Waals surface area (Å²) in [6, 6.07) is 14.9. The molecule has 10 nitrogen and oxygen atoms in total. The first-order valence-corrected chi connectivity index (χ1v) is 16.5. The predicted molar refractivity (Wildman–Crippen MR) is 181 cm³/mol. The first kappa shape index (κ1) is 28.6. The zero-order valence-corrected chi connectivity index (χ0v) is 27.7. The molecule has 1 amide bonds. The summed E-state index contributed by atoms with van der Waals surface area (Å²) in [7, 11) is 1.63. The first-order chi connectivity index (χ1) is 24.2. The lowest BCUT2D eigenvalue weighted by atomic mass is 9.83. The fourth-order valence-corrected chi connectivity index (χ4v) is 7.38. The van der Waals surface area contributed by atoms with Crippen molar-refractivity contribution in [1.29, 1.82) is 0 Å². The summed E-state index contributed by atoms with van der Waals surface area (Å²) in [4.78, 5) is 19.2. The first-order valence-electron chi connectivity index (χ1n) is 18.0. The monoisotopic (exact) mass is 657 g/mol. The van der Waals surface area contributed by atoms with E-state index >= 15 is 4.39 Å². The number of piperidine rings is 1. The van der Waals surface area contributed by atoms with Crippen molar-refractivity contribution in [2.45, 2.75) is 70.6 Å². The highest BCUT2D eigenvalue weighted by molar-refractivity contribution is 6.07. The molecule has 0 saturated carbocycles. The van der Waals surface area contributed by atoms with Gasteiger partial charge in [0.25, 0.3) is 0 Å². The molecule has 0 aliphatic carbocycles. The van der Waals surface area contributed by atoms with Crippen LogP contribution in [-0.2, 0) is 22.1 Å². The van der Waals surface area contributed by atoms with Gasteiger partial charge in [-0.2, -0.15) is 0 Å². The third kappa shape index (κ3) is 5.72. The minimum Gasteiger partial charge on any atom is -0.444 e. The maximum Gasteiger partial charge on any atom is 0.410 e. The van der Waals surface area contributed by atoms with E-state index in [2.05, 4.69) is 10.3 Å². The number of aryl methyl sites for hydroxylation is 2. The topological polar surface area (TPSA) is 108 Å². The van der Waals surface area contributed by atoms with Crippen LogP contribution in [0.25, 0.3) is 33.2 Å². The van der Waals surface area contributed by atoms with Crippen molar-refractivity contribution >= 4 is 28.0 Å². The van der Waals surface area contributed by atoms with Gasteiger partial charge in [-0.15, -0.1) is 5.10 Å². The highest BCUT2D eigenvalue weighted by Crippen LogP contribution is 2.44. The number of ether oxygens (including phenoxy) is 2. The molecule has 2 aliphatic heterocycles. The standard InChI is InChI=1S/C37H43FN6O4/c1-23-32(42(5)41-40-23)26-21-29-31(39-22-26)27-11-12-28(37(46)15-17-43(18-16-37)35(45)48-36(2,3)4)30(38)34(27)44(29)33(24-9-7-6-8-10-24)25-13-19-47-20-14-25/h6-12,21-22,25,33,46H,13-20H2,1-5H3/t33-/m1/s1/i1D3. The molecule has 5 aromatic rings. The van der Waals surface area contributed by atoms with Crippen molar-refractivity contribution in [3.8, 4) is 11.3 Å². The summed E-state index contributed by atoms with van der Waals surface area (Å²) in [5.74, 6) is -0.484. The van der Waals surface area contributed by atoms with Crippen molar-refractivity contribution in [3.05, 3.63) is 77.4 Å². The largest absolute Gasteiger partial charge is 0.444 e. The Morgan fingerprint density at radius 2 is 1.88 bits per heavy atom. The second-order valence-corrected chi connectivity index (χ2v) is 14.0. The van der Waals surface area contributed by atoms with E-state index in [4.69, 9.17) is 18.6 Å². The Hall–Kier alpha value is -4.35. The number of rotatable bonds is 5. The Labute approximate surface area is 283 Å². The average molecular weight is 658 g/mol. The van der Waals surface area contributed by atoms with Gasteiger partial charge in [0.1, 0.15) is 5.60 Å². The lowest BCUT2D eigenvalue weighted by Gasteiger charge is -2.39. The molecule has 2 aliphatic rings. The smallest absolute Gasteiger partial charge is 0.410 e. The predicted octanol–water partition coefficient (Wildman–Crippen LogP) is 6.67. The Bertz CT molecular complexity index is 2080. The van der Waals surface area contributed by atoms with E-state index in [0.29, 0.717) is 46.4 Å². The molecule has 48 heavy (non-hydrogen) atoms. The lowest BCUT2D eigenvalue weighted by Crippen LogP contribution is -2.47. The van der Waals surface area contributed by atoms with E-state index in [9.17, 15) is 9.90 Å². The van der Waals surface area contributed by atoms with Gasteiger partial charge in [-0.1, -0.05) is 47.7 Å². The highest BCUT2D eigenvalue weighted by Gasteiger charge is 2.40. The molecule has 0 radical (unpaired) electrons. The number of hydrogen-bond acceptors (Lipinski definition) is 7. The van der Waals surface area contributed by atoms with Gasteiger partial charge in [0.05, 0.1) is 39.6 Å². The number of halogens is 1. The van der Waals surface area contributed by atoms with E-state index in [1.165, 1.54) is 4.68 Å². The second kappa shape index (κ2) is 12.3. The van der Waals surface area contributed by atoms with Crippen molar-refractivity contribution < 1.29 is 27.9 Å². The molecular weight excluding hydrogens is 611 g/mol. The van der Waals surface area contributed by atoms with Crippen LogP contribution in [0, 0.1) is 18.6 Å². The molecule has 2 aromatic carbocycles. The van der Waals surface area contributed by atoms with Gasteiger partial charge < -0.3 is 24.0 Å². The van der Waals surface area contributed by atoms with Crippen LogP contribution >= 0.6 is 0 Å². The van der Waals surface area contributed by atoms with Crippen LogP contribution in [0.3, 0.4) is 0 Å². The van der Waals surface area contributed by atoms with Crippen LogP contribution in [0.5, 0.6) is 0 Å². The zero-order chi connectivity index (χ0) is 36.3. The molecule has 1 N–H and O–H groups in total. The number of aromatic nitrogens is 5. The summed E-state index contributed by atoms with van der Waals surface area (Å²) >= 11 is 0. The van der Waals surface area contributed by atoms with Crippen LogP contribution < -0.4 is 0 Å². The fourth-order valence-electron chi connectivity index (χ4n) is 7.38. The number of nitrogens with zero attached hydrogens (tertiary/aromatic N) is 6. The number of pyridine rings is 1. The SMILES string of the molecule is [2H]C([2H])([2H])c1nnn(C)c1-c1cnc2c3ccc(C4(O)CCN(C(=O)OC(C)(C)C)CC4)c(F)c3n([C@H](c3ccccc3)C3CCOCC3)c2c1. The van der Waals surface area contributed by atoms with Crippen LogP contribution in [-0.4, -0.2) is 72.5 Å². The van der Waals surface area contributed by atoms with Gasteiger partial charge >= 0.3 is 6.09 Å². The fraction of sp³-hybridized carbons (Fsp3) is 0.459. The summed E-state index contributed by atoms with van der Waals surface area (Å²) in [5, 5.41) is 20.6. The Balaban J connectivity index is 1.43. The summed E-state index contributed by atoms with van der Waals surface area (Å²) in [5.41, 5.74) is 1.04. The molecule has 0 unspecified atom stereocenters. The van der Waals surface area contributed by atoms with Crippen molar-refractivity contribution in [2.75, 3.05) is 26.3 Å². The van der Waals surface area contributed by atoms with Gasteiger partial charge in [0.15, 0.2) is 5.82 Å². The van der Waals surface area contributed by atoms with E-state index in [-0.39, 0.29) is 49.1 Å². The number of likely N-dealkylation sites (tertiary alicyclic amines) is 1. The highest BCUT2D eigenvalue weighted by atomic mass is 19.1. The molecule has 2 saturated heterocycles. The maximum atomic E-state index is 17.5. The van der Waals surface area contributed by atoms with Gasteiger partial charge in [0, 0.05) is 60.2 Å². The summed E-state index contributed by atoms with van der Waals surface area (Å²) < 4.78 is 56.6. The minimum atomic E-state index is -2.52. The van der Waals surface area contributed by atoms with E-state index in [0.717, 1.165) is 18.4 Å². The lowest BCUT2D eigenvalue weighted by molar-refractivity contribution is -0.0373. The number of carbonyl (C=O) groups is 1. The molecule has 7 rings (SSSR count). The van der Waals surface area contributed by atoms with Crippen molar-refractivity contribution in [1.82, 2.24) is 29.4 Å². The van der Waals surface area contributed by atoms with Gasteiger partial charge in [0.2, 0.25) is 0 Å². The van der Waals surface area contributed by atoms with E-state index < -0.39 is 30.0 Å². The number of benzene rings is 2. The number of aliphatic hydroxyl groups is 1. The normalized spacial score (nSPS) is 19.2. The van der Waals surface area contributed by atoms with Crippen molar-refractivity contribution in [2.24, 2.45) is 13.0 Å². The van der Waals surface area contributed by atoms with Crippen molar-refractivity contribution in [3.63, 3.8) is 0 Å². The molecule has 3 aromatic heterocycles. The summed E-state index contributed by atoms with van der Waals surface area (Å²) in [6.45, 7) is 4.43. The molecule has 0 spiro atoms. The van der Waals surface area contributed by atoms with Crippen LogP contribution in [0.15, 0.2) is 54.7 Å². The van der Waals surface area contributed by atoms with Crippen LogP contribution in [0.4, 0.5) is 9.18 Å². The van der Waals surface area contributed by atoms with Gasteiger partial charge in [-0.05, 0) is 70.9 Å². The average Bonchev–Trinajstić information content (AvgIpc) is 3.64. The quantitative estimate of drug-likeness (QED) is 0.225. The van der Waals surface area contributed by atoms with Gasteiger partial charge in [-0.3, -0.25) is 4.98 Å². The number of amides is 1. The Morgan fingerprint density at radius 1 is 1.15 bits per heavy atom. The Kier molecular flexibility index (Phi) is 7.32. The Morgan fingerprint density at radius 3 is 2.56 bits per heavy atom. The molecule has 5 heterocycles. The second-order valence-electron chi connectivity index (χ2n) is 14.0. The number of carbonyl (C=O) groups excluding carboxylic acids is 1. The molecule has 1 atom stereocenters. The number of fused-ring (bicyclic) bond motifs is 3. The van der Waals surface area contributed by atoms with E-state index in [1.54, 1.807) is 45.0 Å². The number of hydrogen-bond donors (Lipinski definition) is 1. The van der Waals surface area contributed by atoms with Gasteiger partial charge in [-0.25, -0.2) is 13.9 Å². The zero-order valence-electron chi connectivity index (χ0n) is 30.7. The van der Waals surface area contributed by atoms with Crippen LogP contribution in [0.2, 0.25) is 0 Å². The van der Waals surface area contributed by atoms with E-state index in [1.807, 2.05) is 47.0 Å². The molecule has 11 heteroatoms. The third-order valence-corrected chi connectivity index (χ3v) is 9.71. The third-order valence-electron chi connectivity index (χ3n) is 9.71. The maximum absolute atomic E-state index is 17.5. The molecule has 0 bridgehead atoms. The minimum absolute atomic E-state index is 0.0723. The summed E-state index contributed by atoms with van der Waals surface area (Å²) in [6.07, 6.45) is 2.87.